The van der Waals surface area contributed by atoms with Gasteiger partial charge in [-0.25, -0.2) is 0 Å². The van der Waals surface area contributed by atoms with Crippen LogP contribution in [0.1, 0.15) is 45.4 Å². The molecule has 1 heterocycles. The molecule has 1 aliphatic carbocycles. The number of likely N-dealkylation sites (tertiary alicyclic amines) is 1. The molecule has 102 valence electrons. The Balaban J connectivity index is 1.96. The molecular formula is C15H25NO2. The number of Topliss-reactive ketones (excluding diaryl/α,β-unsaturated/α-hetero) is 2. The number of carbonyl (C=O) groups excluding carboxylic acids is 2. The van der Waals surface area contributed by atoms with Crippen molar-refractivity contribution in [3.63, 3.8) is 0 Å². The maximum absolute atomic E-state index is 12.1. The van der Waals surface area contributed by atoms with Crippen LogP contribution in [0.5, 0.6) is 0 Å². The van der Waals surface area contributed by atoms with Crippen LogP contribution in [0.3, 0.4) is 0 Å². The van der Waals surface area contributed by atoms with Crippen LogP contribution in [0.4, 0.5) is 0 Å². The maximum Gasteiger partial charge on any atom is 0.143 e. The third kappa shape index (κ3) is 3.00. The standard InChI is InChI=1S/C15H25NO2/c1-3-4-5-14(17)13-8-12-10-16(2)7-6-11(12)9-15(13)18/h11-13H,3-10H2,1-2H3/t11-,12+,13?/m0/s1. The molecule has 1 unspecified atom stereocenters. The third-order valence-electron chi connectivity index (χ3n) is 4.65. The SMILES string of the molecule is CCCCC(=O)C1C[C@@H]2CN(C)CC[C@H]2CC1=O. The summed E-state index contributed by atoms with van der Waals surface area (Å²) in [5, 5.41) is 0. The van der Waals surface area contributed by atoms with Gasteiger partial charge in [0.2, 0.25) is 0 Å². The molecule has 2 aliphatic rings. The Bertz CT molecular complexity index is 318. The van der Waals surface area contributed by atoms with Crippen molar-refractivity contribution in [1.29, 1.82) is 0 Å². The molecule has 0 amide bonds. The first-order chi connectivity index (χ1) is 8.61. The minimum atomic E-state index is -0.274. The first-order valence-corrected chi connectivity index (χ1v) is 7.35. The summed E-state index contributed by atoms with van der Waals surface area (Å²) in [7, 11) is 2.14. The number of ketones is 2. The largest absolute Gasteiger partial charge is 0.306 e. The summed E-state index contributed by atoms with van der Waals surface area (Å²) in [5.41, 5.74) is 0. The minimum Gasteiger partial charge on any atom is -0.306 e. The van der Waals surface area contributed by atoms with E-state index in [1.165, 1.54) is 0 Å². The molecule has 3 nitrogen and oxygen atoms in total. The van der Waals surface area contributed by atoms with Gasteiger partial charge in [0.1, 0.15) is 11.6 Å². The molecule has 1 saturated heterocycles. The second kappa shape index (κ2) is 5.96. The Morgan fingerprint density at radius 1 is 1.39 bits per heavy atom. The van der Waals surface area contributed by atoms with Crippen molar-refractivity contribution in [1.82, 2.24) is 4.90 Å². The highest BCUT2D eigenvalue weighted by Crippen LogP contribution is 2.37. The first-order valence-electron chi connectivity index (χ1n) is 7.35. The van der Waals surface area contributed by atoms with E-state index in [0.717, 1.165) is 38.8 Å². The van der Waals surface area contributed by atoms with Crippen molar-refractivity contribution in [2.45, 2.75) is 45.4 Å². The monoisotopic (exact) mass is 251 g/mol. The summed E-state index contributed by atoms with van der Waals surface area (Å²) in [6.45, 7) is 4.25. The predicted molar refractivity (Wildman–Crippen MR) is 71.4 cm³/mol. The molecule has 18 heavy (non-hydrogen) atoms. The summed E-state index contributed by atoms with van der Waals surface area (Å²) >= 11 is 0. The van der Waals surface area contributed by atoms with Gasteiger partial charge in [-0.05, 0) is 44.7 Å². The summed E-state index contributed by atoms with van der Waals surface area (Å²) in [6, 6.07) is 0. The Kier molecular flexibility index (Phi) is 4.55. The van der Waals surface area contributed by atoms with E-state index in [1.807, 2.05) is 0 Å². The second-order valence-electron chi connectivity index (χ2n) is 6.10. The Hall–Kier alpha value is -0.700. The fourth-order valence-corrected chi connectivity index (χ4v) is 3.47. The zero-order chi connectivity index (χ0) is 13.1. The van der Waals surface area contributed by atoms with Crippen molar-refractivity contribution in [2.75, 3.05) is 20.1 Å². The van der Waals surface area contributed by atoms with Crippen LogP contribution < -0.4 is 0 Å². The lowest BCUT2D eigenvalue weighted by atomic mass is 9.69. The lowest BCUT2D eigenvalue weighted by Crippen LogP contribution is -2.45. The van der Waals surface area contributed by atoms with Gasteiger partial charge in [0, 0.05) is 19.4 Å². The van der Waals surface area contributed by atoms with Crippen molar-refractivity contribution < 1.29 is 9.59 Å². The third-order valence-corrected chi connectivity index (χ3v) is 4.65. The average Bonchev–Trinajstić information content (AvgIpc) is 2.35. The smallest absolute Gasteiger partial charge is 0.143 e. The van der Waals surface area contributed by atoms with Crippen LogP contribution in [0.25, 0.3) is 0 Å². The quantitative estimate of drug-likeness (QED) is 0.719. The van der Waals surface area contributed by atoms with E-state index in [2.05, 4.69) is 18.9 Å². The highest BCUT2D eigenvalue weighted by Gasteiger charge is 2.40. The van der Waals surface area contributed by atoms with Gasteiger partial charge in [0.15, 0.2) is 0 Å². The van der Waals surface area contributed by atoms with Crippen LogP contribution in [0.15, 0.2) is 0 Å². The van der Waals surface area contributed by atoms with Gasteiger partial charge in [0.25, 0.3) is 0 Å². The fraction of sp³-hybridized carbons (Fsp3) is 0.867. The first kappa shape index (κ1) is 13.7. The lowest BCUT2D eigenvalue weighted by molar-refractivity contribution is -0.138. The zero-order valence-corrected chi connectivity index (χ0v) is 11.7. The van der Waals surface area contributed by atoms with Gasteiger partial charge in [0.05, 0.1) is 5.92 Å². The van der Waals surface area contributed by atoms with Crippen molar-refractivity contribution in [3.05, 3.63) is 0 Å². The molecule has 2 rings (SSSR count). The molecule has 0 aromatic rings. The number of nitrogens with zero attached hydrogens (tertiary/aromatic N) is 1. The molecule has 0 aromatic heterocycles. The van der Waals surface area contributed by atoms with E-state index >= 15 is 0 Å². The molecule has 0 aromatic carbocycles. The van der Waals surface area contributed by atoms with Gasteiger partial charge in [-0.15, -0.1) is 0 Å². The van der Waals surface area contributed by atoms with Crippen molar-refractivity contribution in [2.24, 2.45) is 17.8 Å². The normalized spacial score (nSPS) is 33.2. The molecule has 0 spiro atoms. The number of rotatable bonds is 4. The van der Waals surface area contributed by atoms with Crippen molar-refractivity contribution >= 4 is 11.6 Å². The van der Waals surface area contributed by atoms with E-state index in [0.29, 0.717) is 24.7 Å². The molecule has 3 heteroatoms. The number of fused-ring (bicyclic) bond motifs is 1. The number of hydrogen-bond acceptors (Lipinski definition) is 3. The summed E-state index contributed by atoms with van der Waals surface area (Å²) in [4.78, 5) is 26.5. The van der Waals surface area contributed by atoms with Crippen LogP contribution in [-0.2, 0) is 9.59 Å². The molecular weight excluding hydrogens is 226 g/mol. The Labute approximate surface area is 110 Å². The van der Waals surface area contributed by atoms with Gasteiger partial charge in [-0.3, -0.25) is 9.59 Å². The van der Waals surface area contributed by atoms with Gasteiger partial charge in [-0.1, -0.05) is 13.3 Å². The molecule has 0 bridgehead atoms. The summed E-state index contributed by atoms with van der Waals surface area (Å²) in [5.74, 6) is 1.26. The van der Waals surface area contributed by atoms with E-state index in [4.69, 9.17) is 0 Å². The topological polar surface area (TPSA) is 37.4 Å². The molecule has 0 N–H and O–H groups in total. The van der Waals surface area contributed by atoms with E-state index < -0.39 is 0 Å². The summed E-state index contributed by atoms with van der Waals surface area (Å²) < 4.78 is 0. The van der Waals surface area contributed by atoms with E-state index in [1.54, 1.807) is 0 Å². The van der Waals surface area contributed by atoms with Gasteiger partial charge >= 0.3 is 0 Å². The number of piperidine rings is 1. The van der Waals surface area contributed by atoms with Gasteiger partial charge < -0.3 is 4.90 Å². The summed E-state index contributed by atoms with van der Waals surface area (Å²) in [6.07, 6.45) is 5.15. The maximum atomic E-state index is 12.1. The highest BCUT2D eigenvalue weighted by atomic mass is 16.1. The molecule has 0 radical (unpaired) electrons. The number of unbranched alkanes of at least 4 members (excludes halogenated alkanes) is 1. The highest BCUT2D eigenvalue weighted by molar-refractivity contribution is 6.02. The Morgan fingerprint density at radius 3 is 2.89 bits per heavy atom. The van der Waals surface area contributed by atoms with Crippen LogP contribution in [-0.4, -0.2) is 36.6 Å². The van der Waals surface area contributed by atoms with Gasteiger partial charge in [-0.2, -0.15) is 0 Å². The second-order valence-corrected chi connectivity index (χ2v) is 6.10. The molecule has 2 fully saturated rings. The number of hydrogen-bond donors (Lipinski definition) is 0. The molecule has 3 atom stereocenters. The van der Waals surface area contributed by atoms with E-state index in [-0.39, 0.29) is 17.5 Å². The molecule has 1 aliphatic heterocycles. The van der Waals surface area contributed by atoms with Crippen LogP contribution in [0, 0.1) is 17.8 Å². The lowest BCUT2D eigenvalue weighted by Gasteiger charge is -2.41. The van der Waals surface area contributed by atoms with Crippen LogP contribution >= 0.6 is 0 Å². The minimum absolute atomic E-state index is 0.202. The fourth-order valence-electron chi connectivity index (χ4n) is 3.47. The van der Waals surface area contributed by atoms with Crippen LogP contribution in [0.2, 0.25) is 0 Å². The number of carbonyl (C=O) groups is 2. The Morgan fingerprint density at radius 2 is 2.17 bits per heavy atom. The van der Waals surface area contributed by atoms with Crippen molar-refractivity contribution in [3.8, 4) is 0 Å². The zero-order valence-electron chi connectivity index (χ0n) is 11.7. The van der Waals surface area contributed by atoms with E-state index in [9.17, 15) is 9.59 Å². The molecule has 1 saturated carbocycles. The predicted octanol–water partition coefficient (Wildman–Crippen LogP) is 2.29. The average molecular weight is 251 g/mol.